The minimum Gasteiger partial charge on any atom is -0.351 e. The summed E-state index contributed by atoms with van der Waals surface area (Å²) in [7, 11) is 0. The molecule has 0 spiro atoms. The van der Waals surface area contributed by atoms with E-state index in [2.05, 4.69) is 17.3 Å². The highest BCUT2D eigenvalue weighted by molar-refractivity contribution is 6.02. The van der Waals surface area contributed by atoms with Gasteiger partial charge in [0.1, 0.15) is 11.2 Å². The van der Waals surface area contributed by atoms with Gasteiger partial charge in [0, 0.05) is 31.7 Å². The van der Waals surface area contributed by atoms with Crippen molar-refractivity contribution in [2.75, 3.05) is 19.6 Å². The molecule has 1 aromatic heterocycles. The van der Waals surface area contributed by atoms with E-state index in [1.54, 1.807) is 22.6 Å². The first-order valence-corrected chi connectivity index (χ1v) is 11.3. The molecule has 8 nitrogen and oxygen atoms in total. The topological polar surface area (TPSA) is 87.5 Å². The number of amides is 3. The molecule has 1 saturated carbocycles. The molecule has 1 unspecified atom stereocenters. The number of rotatable bonds is 4. The van der Waals surface area contributed by atoms with Crippen LogP contribution in [0.4, 0.5) is 0 Å². The molecule has 1 aromatic rings. The van der Waals surface area contributed by atoms with Crippen LogP contribution in [0.5, 0.6) is 0 Å². The van der Waals surface area contributed by atoms with Crippen molar-refractivity contribution in [2.24, 2.45) is 5.92 Å². The molecule has 0 aromatic carbocycles. The molecular weight excluding hydrogens is 382 g/mol. The van der Waals surface area contributed by atoms with Crippen molar-refractivity contribution in [3.05, 3.63) is 17.5 Å². The van der Waals surface area contributed by atoms with Gasteiger partial charge in [0.05, 0.1) is 6.54 Å². The predicted octanol–water partition coefficient (Wildman–Crippen LogP) is 2.05. The molecule has 2 fully saturated rings. The summed E-state index contributed by atoms with van der Waals surface area (Å²) < 4.78 is 1.56. The van der Waals surface area contributed by atoms with Crippen LogP contribution in [0.1, 0.15) is 80.3 Å². The van der Waals surface area contributed by atoms with Crippen molar-refractivity contribution in [1.82, 2.24) is 24.9 Å². The van der Waals surface area contributed by atoms with Crippen LogP contribution in [0.25, 0.3) is 0 Å². The number of piperidine rings is 1. The van der Waals surface area contributed by atoms with Gasteiger partial charge in [-0.15, -0.1) is 0 Å². The monoisotopic (exact) mass is 415 g/mol. The predicted molar refractivity (Wildman–Crippen MR) is 112 cm³/mol. The van der Waals surface area contributed by atoms with Gasteiger partial charge < -0.3 is 15.1 Å². The first-order chi connectivity index (χ1) is 14.3. The van der Waals surface area contributed by atoms with Gasteiger partial charge in [-0.3, -0.25) is 19.1 Å². The van der Waals surface area contributed by atoms with Crippen LogP contribution in [-0.4, -0.2) is 68.5 Å². The van der Waals surface area contributed by atoms with Gasteiger partial charge in [0.25, 0.3) is 11.8 Å². The van der Waals surface area contributed by atoms with Gasteiger partial charge in [0.15, 0.2) is 5.69 Å². The molecule has 3 aliphatic rings. The zero-order chi connectivity index (χ0) is 21.5. The van der Waals surface area contributed by atoms with E-state index in [0.29, 0.717) is 23.9 Å². The fraction of sp³-hybridized carbons (Fsp3) is 0.727. The second-order valence-electron chi connectivity index (χ2n) is 9.33. The Labute approximate surface area is 178 Å². The van der Waals surface area contributed by atoms with Gasteiger partial charge in [0.2, 0.25) is 5.91 Å². The Morgan fingerprint density at radius 2 is 1.87 bits per heavy atom. The number of hydrogen-bond donors (Lipinski definition) is 1. The fourth-order valence-electron chi connectivity index (χ4n) is 5.03. The van der Waals surface area contributed by atoms with Crippen LogP contribution in [0, 0.1) is 5.92 Å². The number of aromatic nitrogens is 2. The molecular formula is C22H33N5O3. The summed E-state index contributed by atoms with van der Waals surface area (Å²) >= 11 is 0. The summed E-state index contributed by atoms with van der Waals surface area (Å²) in [6, 6.07) is 1.78. The Balaban J connectivity index is 1.57. The normalized spacial score (nSPS) is 25.5. The van der Waals surface area contributed by atoms with E-state index in [9.17, 15) is 14.4 Å². The van der Waals surface area contributed by atoms with Crippen molar-refractivity contribution >= 4 is 17.7 Å². The van der Waals surface area contributed by atoms with Crippen molar-refractivity contribution in [1.29, 1.82) is 0 Å². The minimum absolute atomic E-state index is 0.128. The van der Waals surface area contributed by atoms with Crippen LogP contribution in [-0.2, 0) is 11.3 Å². The number of carbonyl (C=O) groups excluding carboxylic acids is 3. The third-order valence-corrected chi connectivity index (χ3v) is 7.08. The van der Waals surface area contributed by atoms with Crippen LogP contribution < -0.4 is 5.32 Å². The molecule has 0 radical (unpaired) electrons. The molecule has 2 aliphatic heterocycles. The Morgan fingerprint density at radius 3 is 2.50 bits per heavy atom. The summed E-state index contributed by atoms with van der Waals surface area (Å²) in [5.41, 5.74) is -0.338. The van der Waals surface area contributed by atoms with E-state index in [1.165, 1.54) is 0 Å². The molecule has 3 amide bonds. The highest BCUT2D eigenvalue weighted by atomic mass is 16.2. The number of likely N-dealkylation sites (tertiary alicyclic amines) is 1. The number of carbonyl (C=O) groups is 3. The maximum absolute atomic E-state index is 13.2. The molecule has 3 heterocycles. The molecule has 164 valence electrons. The number of likely N-dealkylation sites (N-methyl/N-ethyl adjacent to an activating group) is 1. The first-order valence-electron chi connectivity index (χ1n) is 11.3. The second-order valence-corrected chi connectivity index (χ2v) is 9.33. The lowest BCUT2D eigenvalue weighted by atomic mass is 9.94. The van der Waals surface area contributed by atoms with E-state index >= 15 is 0 Å². The van der Waals surface area contributed by atoms with E-state index < -0.39 is 5.54 Å². The Hall–Kier alpha value is -2.38. The van der Waals surface area contributed by atoms with E-state index in [-0.39, 0.29) is 30.3 Å². The number of nitrogens with zero attached hydrogens (tertiary/aromatic N) is 4. The Bertz CT molecular complexity index is 836. The van der Waals surface area contributed by atoms with Crippen molar-refractivity contribution < 1.29 is 14.4 Å². The lowest BCUT2D eigenvalue weighted by Crippen LogP contribution is -2.64. The molecule has 8 heteroatoms. The molecule has 4 rings (SSSR count). The summed E-state index contributed by atoms with van der Waals surface area (Å²) in [4.78, 5) is 42.8. The molecule has 1 N–H and O–H groups in total. The molecule has 1 saturated heterocycles. The van der Waals surface area contributed by atoms with Crippen LogP contribution in [0.2, 0.25) is 0 Å². The Morgan fingerprint density at radius 1 is 1.20 bits per heavy atom. The maximum Gasteiger partial charge on any atom is 0.274 e. The standard InChI is InChI=1S/C22H33N5O3/c1-4-26-20(29)18-13-17(19(28)25-11-9-15(2)10-12-25)24-27(18)14-22(26,3)21(30)23-16-7-5-6-8-16/h13,15-16H,4-12,14H2,1-3H3,(H,23,30). The van der Waals surface area contributed by atoms with E-state index in [1.807, 2.05) is 11.8 Å². The average Bonchev–Trinajstić information content (AvgIpc) is 3.38. The summed E-state index contributed by atoms with van der Waals surface area (Å²) in [6.07, 6.45) is 6.21. The lowest BCUT2D eigenvalue weighted by molar-refractivity contribution is -0.133. The van der Waals surface area contributed by atoms with Crippen molar-refractivity contribution in [2.45, 2.75) is 77.4 Å². The first kappa shape index (κ1) is 20.9. The number of fused-ring (bicyclic) bond motifs is 1. The SMILES string of the molecule is CCN1C(=O)c2cc(C(=O)N3CCC(C)CC3)nn2CC1(C)C(=O)NC1CCCC1. The molecule has 1 aliphatic carbocycles. The van der Waals surface area contributed by atoms with Crippen molar-refractivity contribution in [3.63, 3.8) is 0 Å². The smallest absolute Gasteiger partial charge is 0.274 e. The van der Waals surface area contributed by atoms with Crippen molar-refractivity contribution in [3.8, 4) is 0 Å². The highest BCUT2D eigenvalue weighted by Gasteiger charge is 2.48. The quantitative estimate of drug-likeness (QED) is 0.815. The Kier molecular flexibility index (Phi) is 5.59. The summed E-state index contributed by atoms with van der Waals surface area (Å²) in [5.74, 6) is 0.120. The average molecular weight is 416 g/mol. The third kappa shape index (κ3) is 3.61. The van der Waals surface area contributed by atoms with Crippen LogP contribution in [0.15, 0.2) is 6.07 Å². The van der Waals surface area contributed by atoms with Crippen LogP contribution >= 0.6 is 0 Å². The minimum atomic E-state index is -1.02. The van der Waals surface area contributed by atoms with Gasteiger partial charge in [-0.2, -0.15) is 5.10 Å². The van der Waals surface area contributed by atoms with Gasteiger partial charge >= 0.3 is 0 Å². The number of nitrogens with one attached hydrogen (secondary N) is 1. The zero-order valence-corrected chi connectivity index (χ0v) is 18.3. The van der Waals surface area contributed by atoms with Gasteiger partial charge in [-0.1, -0.05) is 19.8 Å². The molecule has 0 bridgehead atoms. The second kappa shape index (κ2) is 8.04. The number of hydrogen-bond acceptors (Lipinski definition) is 4. The maximum atomic E-state index is 13.2. The summed E-state index contributed by atoms with van der Waals surface area (Å²) in [5, 5.41) is 7.61. The van der Waals surface area contributed by atoms with E-state index in [4.69, 9.17) is 0 Å². The van der Waals surface area contributed by atoms with Crippen LogP contribution in [0.3, 0.4) is 0 Å². The van der Waals surface area contributed by atoms with Gasteiger partial charge in [-0.05, 0) is 45.4 Å². The van der Waals surface area contributed by atoms with Gasteiger partial charge in [-0.25, -0.2) is 0 Å². The lowest BCUT2D eigenvalue weighted by Gasteiger charge is -2.43. The molecule has 1 atom stereocenters. The molecule has 30 heavy (non-hydrogen) atoms. The third-order valence-electron chi connectivity index (χ3n) is 7.08. The highest BCUT2D eigenvalue weighted by Crippen LogP contribution is 2.29. The summed E-state index contributed by atoms with van der Waals surface area (Å²) in [6.45, 7) is 8.00. The largest absolute Gasteiger partial charge is 0.351 e. The van der Waals surface area contributed by atoms with E-state index in [0.717, 1.165) is 51.6 Å². The fourth-order valence-corrected chi connectivity index (χ4v) is 5.03. The zero-order valence-electron chi connectivity index (χ0n) is 18.3.